The fourth-order valence-corrected chi connectivity index (χ4v) is 3.29. The van der Waals surface area contributed by atoms with Gasteiger partial charge in [0.05, 0.1) is 0 Å². The van der Waals surface area contributed by atoms with Crippen LogP contribution in [-0.2, 0) is 26.2 Å². The molecule has 3 heteroatoms. The van der Waals surface area contributed by atoms with Gasteiger partial charge in [0.15, 0.2) is 0 Å². The first kappa shape index (κ1) is 20.3. The van der Waals surface area contributed by atoms with Crippen molar-refractivity contribution < 1.29 is 51.0 Å². The second-order valence-electron chi connectivity index (χ2n) is 5.52. The maximum absolute atomic E-state index is 2.40. The zero-order valence-corrected chi connectivity index (χ0v) is 16.9. The van der Waals surface area contributed by atoms with E-state index in [0.29, 0.717) is 5.92 Å². The quantitative estimate of drug-likeness (QED) is 0.501. The van der Waals surface area contributed by atoms with Gasteiger partial charge in [0.25, 0.3) is 0 Å². The van der Waals surface area contributed by atoms with Crippen LogP contribution in [0.3, 0.4) is 0 Å². The van der Waals surface area contributed by atoms with E-state index in [-0.39, 0.29) is 51.0 Å². The molecule has 0 saturated carbocycles. The van der Waals surface area contributed by atoms with E-state index in [1.807, 2.05) is 0 Å². The van der Waals surface area contributed by atoms with Crippen LogP contribution in [0.2, 0.25) is 0 Å². The monoisotopic (exact) mass is 417 g/mol. The van der Waals surface area contributed by atoms with Crippen LogP contribution in [0.15, 0.2) is 72.3 Å². The van der Waals surface area contributed by atoms with Crippen LogP contribution >= 0.6 is 0 Å². The maximum Gasteiger partial charge on any atom is 3.00 e. The van der Waals surface area contributed by atoms with E-state index in [1.165, 1.54) is 32.7 Å². The molecule has 1 aliphatic rings. The fourth-order valence-electron chi connectivity index (χ4n) is 3.29. The van der Waals surface area contributed by atoms with E-state index < -0.39 is 0 Å². The number of allylic oxidation sites excluding steroid dienone is 4. The molecule has 0 N–H and O–H groups in total. The van der Waals surface area contributed by atoms with E-state index in [4.69, 9.17) is 0 Å². The second kappa shape index (κ2) is 8.38. The van der Waals surface area contributed by atoms with Gasteiger partial charge >= 0.3 is 26.2 Å². The van der Waals surface area contributed by atoms with E-state index >= 15 is 0 Å². The molecule has 1 atom stereocenters. The smallest absolute Gasteiger partial charge is 1.00 e. The van der Waals surface area contributed by atoms with Gasteiger partial charge in [-0.3, -0.25) is 0 Å². The Balaban J connectivity index is 0.000000882. The Morgan fingerprint density at radius 2 is 1.70 bits per heavy atom. The molecule has 3 aromatic carbocycles. The summed E-state index contributed by atoms with van der Waals surface area (Å²) in [6.45, 7) is 2.22. The van der Waals surface area contributed by atoms with Crippen LogP contribution in [0, 0.1) is 0 Å². The van der Waals surface area contributed by atoms with Crippen LogP contribution in [0.25, 0.3) is 21.5 Å². The Hall–Kier alpha value is -0.747. The van der Waals surface area contributed by atoms with Crippen molar-refractivity contribution in [3.8, 4) is 0 Å². The summed E-state index contributed by atoms with van der Waals surface area (Å²) in [5.41, 5.74) is 2.88. The maximum atomic E-state index is 2.40. The van der Waals surface area contributed by atoms with E-state index in [9.17, 15) is 0 Å². The molecule has 0 bridgehead atoms. The van der Waals surface area contributed by atoms with Gasteiger partial charge in [-0.15, -0.1) is 33.7 Å². The minimum Gasteiger partial charge on any atom is -1.00 e. The average Bonchev–Trinajstić information content (AvgIpc) is 3.11. The number of benzene rings is 2. The van der Waals surface area contributed by atoms with Crippen molar-refractivity contribution in [3.05, 3.63) is 77.9 Å². The van der Waals surface area contributed by atoms with Crippen LogP contribution < -0.4 is 24.8 Å². The number of hydrogen-bond acceptors (Lipinski definition) is 0. The van der Waals surface area contributed by atoms with Gasteiger partial charge < -0.3 is 24.8 Å². The molecule has 1 aliphatic carbocycles. The molecule has 0 spiro atoms. The standard InChI is InChI=1S/C20H17.2ClH.Zr/c1-2-14-10-11-16(12-14)18-8-5-9-19-17-7-4-3-6-15(17)13-20(18)19;;;/h3-13,16H,2H2,1H3;2*1H;/q-1;;;+3/p-2. The number of hydrogen-bond donors (Lipinski definition) is 0. The average molecular weight is 419 g/mol. The number of fused-ring (bicyclic) bond motifs is 3. The molecule has 0 aromatic heterocycles. The molecule has 0 saturated heterocycles. The third kappa shape index (κ3) is 3.53. The Labute approximate surface area is 169 Å². The normalized spacial score (nSPS) is 15.7. The zero-order valence-electron chi connectivity index (χ0n) is 12.9. The van der Waals surface area contributed by atoms with E-state index in [0.717, 1.165) is 6.42 Å². The summed E-state index contributed by atoms with van der Waals surface area (Å²) < 4.78 is 0. The predicted octanol–water partition coefficient (Wildman–Crippen LogP) is -0.293. The summed E-state index contributed by atoms with van der Waals surface area (Å²) in [5, 5.41) is 5.49. The molecular formula is C20H17Cl2Zr. The Morgan fingerprint density at radius 3 is 2.43 bits per heavy atom. The molecule has 0 aliphatic heterocycles. The molecule has 3 aromatic rings. The van der Waals surface area contributed by atoms with Gasteiger partial charge in [-0.25, -0.2) is 0 Å². The third-order valence-corrected chi connectivity index (χ3v) is 4.37. The van der Waals surface area contributed by atoms with Crippen LogP contribution in [0.5, 0.6) is 0 Å². The second-order valence-corrected chi connectivity index (χ2v) is 5.52. The Morgan fingerprint density at radius 1 is 0.957 bits per heavy atom. The fraction of sp³-hybridized carbons (Fsp3) is 0.150. The third-order valence-electron chi connectivity index (χ3n) is 4.37. The van der Waals surface area contributed by atoms with Gasteiger partial charge in [0.1, 0.15) is 0 Å². The summed E-state index contributed by atoms with van der Waals surface area (Å²) >= 11 is 0. The number of rotatable bonds is 2. The van der Waals surface area contributed by atoms with Crippen molar-refractivity contribution in [3.63, 3.8) is 0 Å². The SMILES string of the molecule is CCC1=CC(c2cccc3c2[cH-]c2ccccc23)C=C1.[Cl-].[Cl-].[Zr+3]. The van der Waals surface area contributed by atoms with Crippen molar-refractivity contribution in [1.29, 1.82) is 0 Å². The largest absolute Gasteiger partial charge is 3.00 e. The summed E-state index contributed by atoms with van der Waals surface area (Å²) in [6, 6.07) is 17.7. The predicted molar refractivity (Wildman–Crippen MR) is 87.3 cm³/mol. The molecule has 1 unspecified atom stereocenters. The number of halogens is 2. The molecular weight excluding hydrogens is 402 g/mol. The molecule has 0 fully saturated rings. The van der Waals surface area contributed by atoms with Crippen molar-refractivity contribution in [2.75, 3.05) is 0 Å². The topological polar surface area (TPSA) is 0 Å². The first-order valence-corrected chi connectivity index (χ1v) is 7.33. The summed E-state index contributed by atoms with van der Waals surface area (Å²) in [7, 11) is 0. The molecule has 23 heavy (non-hydrogen) atoms. The zero-order chi connectivity index (χ0) is 13.5. The molecule has 0 amide bonds. The Bertz CT molecular complexity index is 858. The molecule has 115 valence electrons. The minimum absolute atomic E-state index is 0. The van der Waals surface area contributed by atoms with E-state index in [2.05, 4.69) is 73.7 Å². The summed E-state index contributed by atoms with van der Waals surface area (Å²) in [4.78, 5) is 0. The molecule has 0 heterocycles. The van der Waals surface area contributed by atoms with Gasteiger partial charge in [-0.05, 0) is 12.3 Å². The van der Waals surface area contributed by atoms with Crippen molar-refractivity contribution in [1.82, 2.24) is 0 Å². The molecule has 0 nitrogen and oxygen atoms in total. The van der Waals surface area contributed by atoms with Crippen LogP contribution in [0.1, 0.15) is 24.8 Å². The van der Waals surface area contributed by atoms with Crippen molar-refractivity contribution in [2.24, 2.45) is 0 Å². The summed E-state index contributed by atoms with van der Waals surface area (Å²) in [5.74, 6) is 0.436. The van der Waals surface area contributed by atoms with Gasteiger partial charge in [0.2, 0.25) is 0 Å². The van der Waals surface area contributed by atoms with Gasteiger partial charge in [0, 0.05) is 0 Å². The van der Waals surface area contributed by atoms with Crippen LogP contribution in [-0.4, -0.2) is 0 Å². The van der Waals surface area contributed by atoms with E-state index in [1.54, 1.807) is 0 Å². The minimum atomic E-state index is 0. The van der Waals surface area contributed by atoms with Gasteiger partial charge in [-0.2, -0.15) is 0 Å². The van der Waals surface area contributed by atoms with Crippen molar-refractivity contribution >= 4 is 21.5 Å². The first-order chi connectivity index (χ1) is 9.86. The molecule has 4 rings (SSSR count). The van der Waals surface area contributed by atoms with Gasteiger partial charge in [-0.1, -0.05) is 72.7 Å². The summed E-state index contributed by atoms with van der Waals surface area (Å²) in [6.07, 6.45) is 8.11. The first-order valence-electron chi connectivity index (χ1n) is 7.33. The van der Waals surface area contributed by atoms with Crippen LogP contribution in [0.4, 0.5) is 0 Å². The Kier molecular flexibility index (Phi) is 7.40. The van der Waals surface area contributed by atoms with Crippen molar-refractivity contribution in [2.45, 2.75) is 19.3 Å². The molecule has 1 radical (unpaired) electrons.